The van der Waals surface area contributed by atoms with E-state index in [-0.39, 0.29) is 5.91 Å². The van der Waals surface area contributed by atoms with Gasteiger partial charge in [-0.3, -0.25) is 4.79 Å². The number of aromatic nitrogens is 2. The van der Waals surface area contributed by atoms with Gasteiger partial charge < -0.3 is 4.90 Å². The Labute approximate surface area is 208 Å². The maximum absolute atomic E-state index is 12.5. The number of benzene rings is 1. The van der Waals surface area contributed by atoms with Crippen molar-refractivity contribution in [2.45, 2.75) is 46.1 Å². The van der Waals surface area contributed by atoms with E-state index >= 15 is 0 Å². The number of nitrogens with zero attached hydrogens (tertiary/aromatic N) is 4. The van der Waals surface area contributed by atoms with Gasteiger partial charge in [0.1, 0.15) is 11.2 Å². The van der Waals surface area contributed by atoms with E-state index in [0.717, 1.165) is 29.0 Å². The summed E-state index contributed by atoms with van der Waals surface area (Å²) in [4.78, 5) is 21.0. The molecule has 0 radical (unpaired) electrons. The zero-order chi connectivity index (χ0) is 23.9. The third-order valence-electron chi connectivity index (χ3n) is 5.96. The first-order chi connectivity index (χ1) is 15.6. The average Bonchev–Trinajstić information content (AvgIpc) is 3.40. The van der Waals surface area contributed by atoms with E-state index in [1.165, 1.54) is 4.88 Å². The average molecular weight is 501 g/mol. The number of carbonyl (C=O) groups is 1. The van der Waals surface area contributed by atoms with Crippen molar-refractivity contribution in [1.29, 1.82) is 0 Å². The Bertz CT molecular complexity index is 1290. The molecule has 2 aromatic heterocycles. The monoisotopic (exact) mass is 500 g/mol. The minimum atomic E-state index is -0.718. The minimum Gasteiger partial charge on any atom is -0.343 e. The van der Waals surface area contributed by atoms with E-state index < -0.39 is 5.54 Å². The van der Waals surface area contributed by atoms with Gasteiger partial charge in [-0.15, -0.1) is 11.3 Å². The van der Waals surface area contributed by atoms with Crippen LogP contribution < -0.4 is 0 Å². The number of likely N-dealkylation sites (N-methyl/N-ethyl adjacent to an activating group) is 1. The fourth-order valence-electron chi connectivity index (χ4n) is 3.69. The smallest absolute Gasteiger partial charge is 0.273 e. The molecule has 3 aromatic rings. The Hall–Kier alpha value is -2.41. The molecule has 0 N–H and O–H groups in total. The largest absolute Gasteiger partial charge is 0.343 e. The molecule has 5 nitrogen and oxygen atoms in total. The van der Waals surface area contributed by atoms with Crippen LogP contribution in [-0.4, -0.2) is 39.0 Å². The van der Waals surface area contributed by atoms with Gasteiger partial charge in [0.05, 0.1) is 21.3 Å². The van der Waals surface area contributed by atoms with Crippen LogP contribution in [0.4, 0.5) is 0 Å². The zero-order valence-corrected chi connectivity index (χ0v) is 21.6. The van der Waals surface area contributed by atoms with Crippen molar-refractivity contribution in [3.8, 4) is 16.3 Å². The number of unbranched alkanes of at least 4 members (excludes halogenated alkanes) is 1. The second kappa shape index (κ2) is 9.09. The molecule has 0 unspecified atom stereocenters. The first kappa shape index (κ1) is 23.7. The van der Waals surface area contributed by atoms with Crippen LogP contribution >= 0.6 is 34.5 Å². The molecule has 0 saturated carbocycles. The van der Waals surface area contributed by atoms with Crippen LogP contribution in [0, 0.1) is 6.92 Å². The van der Waals surface area contributed by atoms with Gasteiger partial charge in [-0.2, -0.15) is 10.1 Å². The lowest BCUT2D eigenvalue weighted by Gasteiger charge is -2.27. The number of rotatable bonds is 6. The summed E-state index contributed by atoms with van der Waals surface area (Å²) in [6, 6.07) is 9.56. The highest BCUT2D eigenvalue weighted by Gasteiger charge is 2.42. The Morgan fingerprint density at radius 3 is 2.58 bits per heavy atom. The van der Waals surface area contributed by atoms with Crippen molar-refractivity contribution in [1.82, 2.24) is 14.7 Å². The molecule has 8 heteroatoms. The van der Waals surface area contributed by atoms with Gasteiger partial charge in [-0.05, 0) is 63.6 Å². The topological polar surface area (TPSA) is 50.5 Å². The molecule has 0 fully saturated rings. The first-order valence-corrected chi connectivity index (χ1v) is 12.4. The van der Waals surface area contributed by atoms with Crippen LogP contribution in [0.25, 0.3) is 22.3 Å². The molecular formula is C25H26Cl2N4OS. The van der Waals surface area contributed by atoms with E-state index in [0.29, 0.717) is 27.3 Å². The summed E-state index contributed by atoms with van der Waals surface area (Å²) < 4.78 is 1.83. The van der Waals surface area contributed by atoms with Crippen molar-refractivity contribution >= 4 is 52.4 Å². The number of amides is 1. The molecule has 3 heterocycles. The number of halogens is 2. The summed E-state index contributed by atoms with van der Waals surface area (Å²) in [5, 5.41) is 5.97. The molecule has 1 aliphatic heterocycles. The fraction of sp³-hybridized carbons (Fsp3) is 0.320. The summed E-state index contributed by atoms with van der Waals surface area (Å²) in [6.07, 6.45) is 6.51. The van der Waals surface area contributed by atoms with Crippen LogP contribution in [0.1, 0.15) is 49.7 Å². The van der Waals surface area contributed by atoms with Crippen molar-refractivity contribution in [2.75, 3.05) is 7.05 Å². The van der Waals surface area contributed by atoms with Crippen LogP contribution in [0.3, 0.4) is 0 Å². The molecule has 1 aromatic carbocycles. The lowest BCUT2D eigenvalue weighted by atomic mass is 10.0. The Morgan fingerprint density at radius 2 is 1.94 bits per heavy atom. The maximum Gasteiger partial charge on any atom is 0.273 e. The summed E-state index contributed by atoms with van der Waals surface area (Å²) in [6.45, 7) is 7.90. The highest BCUT2D eigenvalue weighted by Crippen LogP contribution is 2.38. The van der Waals surface area contributed by atoms with E-state index in [4.69, 9.17) is 28.3 Å². The van der Waals surface area contributed by atoms with Gasteiger partial charge in [0.15, 0.2) is 5.84 Å². The van der Waals surface area contributed by atoms with Crippen LogP contribution in [0.15, 0.2) is 41.4 Å². The number of allylic oxidation sites excluding steroid dienone is 1. The molecule has 0 atom stereocenters. The number of thiophene rings is 1. The Balaban J connectivity index is 1.90. The molecule has 0 saturated heterocycles. The van der Waals surface area contributed by atoms with E-state index in [9.17, 15) is 4.79 Å². The van der Waals surface area contributed by atoms with Crippen LogP contribution in [-0.2, 0) is 4.79 Å². The van der Waals surface area contributed by atoms with Crippen molar-refractivity contribution in [3.63, 3.8) is 0 Å². The standard InChI is InChI=1S/C25H26Cl2N4OS/c1-6-7-8-9-17-11-13-20(33-17)22-15(2)21(23-28-24(32)25(3,4)30(23)5)29-31(22)19-12-10-16(26)14-18(19)27/h8-14H,6-7H2,1-5H3/b9-8+. The zero-order valence-electron chi connectivity index (χ0n) is 19.3. The van der Waals surface area contributed by atoms with Crippen molar-refractivity contribution < 1.29 is 4.79 Å². The fourth-order valence-corrected chi connectivity index (χ4v) is 5.20. The lowest BCUT2D eigenvalue weighted by molar-refractivity contribution is -0.123. The van der Waals surface area contributed by atoms with Gasteiger partial charge >= 0.3 is 0 Å². The number of amidine groups is 1. The molecular weight excluding hydrogens is 475 g/mol. The second-order valence-electron chi connectivity index (χ2n) is 8.58. The molecule has 0 spiro atoms. The Morgan fingerprint density at radius 1 is 1.18 bits per heavy atom. The SMILES string of the molecule is CCC/C=C/c1ccc(-c2c(C)c(C3=NC(=O)C(C)(C)N3C)nn2-c2ccc(Cl)cc2Cl)s1. The molecule has 1 aliphatic rings. The summed E-state index contributed by atoms with van der Waals surface area (Å²) in [5.41, 5.74) is 2.51. The third-order valence-corrected chi connectivity index (χ3v) is 7.55. The second-order valence-corrected chi connectivity index (χ2v) is 10.5. The van der Waals surface area contributed by atoms with Crippen molar-refractivity contribution in [3.05, 3.63) is 62.6 Å². The van der Waals surface area contributed by atoms with Crippen molar-refractivity contribution in [2.24, 2.45) is 4.99 Å². The predicted octanol–water partition coefficient (Wildman–Crippen LogP) is 7.03. The van der Waals surface area contributed by atoms with E-state index in [2.05, 4.69) is 36.2 Å². The minimum absolute atomic E-state index is 0.181. The van der Waals surface area contributed by atoms with Gasteiger partial charge in [-0.25, -0.2) is 4.68 Å². The number of aliphatic imine (C=N–C) groups is 1. The number of carbonyl (C=O) groups excluding carboxylic acids is 1. The molecule has 0 aliphatic carbocycles. The van der Waals surface area contributed by atoms with Crippen LogP contribution in [0.5, 0.6) is 0 Å². The summed E-state index contributed by atoms with van der Waals surface area (Å²) in [5.74, 6) is 0.381. The third kappa shape index (κ3) is 4.27. The highest BCUT2D eigenvalue weighted by molar-refractivity contribution is 7.16. The molecule has 4 rings (SSSR count). The molecule has 1 amide bonds. The van der Waals surface area contributed by atoms with Gasteiger partial charge in [0.2, 0.25) is 0 Å². The summed E-state index contributed by atoms with van der Waals surface area (Å²) in [7, 11) is 1.87. The normalized spacial score (nSPS) is 15.7. The molecule has 172 valence electrons. The quantitative estimate of drug-likeness (QED) is 0.365. The van der Waals surface area contributed by atoms with Crippen LogP contribution in [0.2, 0.25) is 10.0 Å². The molecule has 33 heavy (non-hydrogen) atoms. The van der Waals surface area contributed by atoms with E-state index in [1.807, 2.05) is 43.5 Å². The predicted molar refractivity (Wildman–Crippen MR) is 139 cm³/mol. The number of hydrogen-bond donors (Lipinski definition) is 0. The summed E-state index contributed by atoms with van der Waals surface area (Å²) >= 11 is 14.4. The van der Waals surface area contributed by atoms with Gasteiger partial charge in [-0.1, -0.05) is 42.6 Å². The van der Waals surface area contributed by atoms with Gasteiger partial charge in [0.25, 0.3) is 5.91 Å². The maximum atomic E-state index is 12.5. The highest BCUT2D eigenvalue weighted by atomic mass is 35.5. The lowest BCUT2D eigenvalue weighted by Crippen LogP contribution is -2.44. The molecule has 0 bridgehead atoms. The van der Waals surface area contributed by atoms with Gasteiger partial charge in [0, 0.05) is 22.5 Å². The van der Waals surface area contributed by atoms with E-state index in [1.54, 1.807) is 23.5 Å². The number of hydrogen-bond acceptors (Lipinski definition) is 4. The first-order valence-electron chi connectivity index (χ1n) is 10.8. The Kier molecular flexibility index (Phi) is 6.54.